The van der Waals surface area contributed by atoms with E-state index in [2.05, 4.69) is 10.6 Å². The summed E-state index contributed by atoms with van der Waals surface area (Å²) in [6.45, 7) is 3.47. The minimum absolute atomic E-state index is 0.0294. The van der Waals surface area contributed by atoms with Gasteiger partial charge in [-0.3, -0.25) is 14.5 Å². The van der Waals surface area contributed by atoms with Gasteiger partial charge in [0.2, 0.25) is 11.8 Å². The standard InChI is InChI=1S/C21H23ClF3N3O2/c1-4-14-7-5-6-8-18(14)27-19(29)12-28(3)13(2)20(30)26-15-9-10-17(22)16(11-15)21(23,24)25/h5-11,13H,4,12H2,1-3H3,(H,26,30)(H,27,29)/t13-/m1/s1. The molecule has 0 aliphatic rings. The minimum atomic E-state index is -4.63. The molecule has 162 valence electrons. The number of anilines is 2. The van der Waals surface area contributed by atoms with Crippen molar-refractivity contribution in [2.24, 2.45) is 0 Å². The van der Waals surface area contributed by atoms with Gasteiger partial charge in [0.15, 0.2) is 0 Å². The molecular weight excluding hydrogens is 419 g/mol. The summed E-state index contributed by atoms with van der Waals surface area (Å²) in [5.41, 5.74) is 0.633. The Hall–Kier alpha value is -2.58. The van der Waals surface area contributed by atoms with Crippen molar-refractivity contribution in [3.63, 3.8) is 0 Å². The first-order valence-electron chi connectivity index (χ1n) is 9.28. The highest BCUT2D eigenvalue weighted by molar-refractivity contribution is 6.31. The highest BCUT2D eigenvalue weighted by Crippen LogP contribution is 2.36. The van der Waals surface area contributed by atoms with Crippen molar-refractivity contribution in [2.45, 2.75) is 32.5 Å². The van der Waals surface area contributed by atoms with E-state index in [9.17, 15) is 22.8 Å². The lowest BCUT2D eigenvalue weighted by atomic mass is 10.1. The lowest BCUT2D eigenvalue weighted by Crippen LogP contribution is -2.43. The van der Waals surface area contributed by atoms with Crippen LogP contribution in [-0.4, -0.2) is 36.3 Å². The van der Waals surface area contributed by atoms with Crippen LogP contribution < -0.4 is 10.6 Å². The lowest BCUT2D eigenvalue weighted by Gasteiger charge is -2.23. The zero-order chi connectivity index (χ0) is 22.5. The Bertz CT molecular complexity index is 919. The maximum Gasteiger partial charge on any atom is 0.417 e. The van der Waals surface area contributed by atoms with Crippen molar-refractivity contribution in [2.75, 3.05) is 24.2 Å². The number of rotatable bonds is 7. The van der Waals surface area contributed by atoms with E-state index in [1.54, 1.807) is 20.0 Å². The average Bonchev–Trinajstić information content (AvgIpc) is 2.68. The molecule has 0 unspecified atom stereocenters. The van der Waals surface area contributed by atoms with Gasteiger partial charge in [-0.2, -0.15) is 13.2 Å². The van der Waals surface area contributed by atoms with Gasteiger partial charge >= 0.3 is 6.18 Å². The van der Waals surface area contributed by atoms with Crippen LogP contribution in [0.15, 0.2) is 42.5 Å². The van der Waals surface area contributed by atoms with Gasteiger partial charge in [0.05, 0.1) is 23.2 Å². The molecule has 0 aliphatic heterocycles. The molecule has 9 heteroatoms. The number of para-hydroxylation sites is 1. The summed E-state index contributed by atoms with van der Waals surface area (Å²) in [5, 5.41) is 4.80. The van der Waals surface area contributed by atoms with E-state index in [0.29, 0.717) is 5.69 Å². The van der Waals surface area contributed by atoms with Crippen molar-refractivity contribution in [3.05, 3.63) is 58.6 Å². The Kier molecular flexibility index (Phi) is 7.86. The maximum atomic E-state index is 13.0. The van der Waals surface area contributed by atoms with E-state index in [0.717, 1.165) is 24.1 Å². The summed E-state index contributed by atoms with van der Waals surface area (Å²) < 4.78 is 38.9. The average molecular weight is 442 g/mol. The molecule has 30 heavy (non-hydrogen) atoms. The van der Waals surface area contributed by atoms with Crippen LogP contribution in [0.5, 0.6) is 0 Å². The summed E-state index contributed by atoms with van der Waals surface area (Å²) in [6.07, 6.45) is -3.88. The fourth-order valence-corrected chi connectivity index (χ4v) is 3.00. The molecule has 2 aromatic carbocycles. The molecule has 0 aromatic heterocycles. The monoisotopic (exact) mass is 441 g/mol. The zero-order valence-corrected chi connectivity index (χ0v) is 17.6. The molecule has 0 radical (unpaired) electrons. The van der Waals surface area contributed by atoms with Crippen molar-refractivity contribution in [1.82, 2.24) is 4.90 Å². The van der Waals surface area contributed by atoms with Gasteiger partial charge < -0.3 is 10.6 Å². The Morgan fingerprint density at radius 3 is 2.43 bits per heavy atom. The van der Waals surface area contributed by atoms with E-state index >= 15 is 0 Å². The number of carbonyl (C=O) groups excluding carboxylic acids is 2. The molecule has 0 heterocycles. The van der Waals surface area contributed by atoms with Crippen molar-refractivity contribution < 1.29 is 22.8 Å². The summed E-state index contributed by atoms with van der Waals surface area (Å²) >= 11 is 5.59. The molecule has 0 aliphatic carbocycles. The zero-order valence-electron chi connectivity index (χ0n) is 16.8. The number of halogens is 4. The fourth-order valence-electron chi connectivity index (χ4n) is 2.77. The number of nitrogens with zero attached hydrogens (tertiary/aromatic N) is 1. The van der Waals surface area contributed by atoms with E-state index < -0.39 is 28.7 Å². The van der Waals surface area contributed by atoms with Gasteiger partial charge in [0, 0.05) is 11.4 Å². The van der Waals surface area contributed by atoms with Gasteiger partial charge in [-0.05, 0) is 50.2 Å². The first kappa shape index (κ1) is 23.7. The van der Waals surface area contributed by atoms with Crippen LogP contribution >= 0.6 is 11.6 Å². The SMILES string of the molecule is CCc1ccccc1NC(=O)CN(C)[C@H](C)C(=O)Nc1ccc(Cl)c(C(F)(F)F)c1. The summed E-state index contributed by atoms with van der Waals surface area (Å²) in [5.74, 6) is -0.849. The number of hydrogen-bond acceptors (Lipinski definition) is 3. The van der Waals surface area contributed by atoms with Crippen molar-refractivity contribution in [1.29, 1.82) is 0 Å². The number of carbonyl (C=O) groups is 2. The number of amides is 2. The molecule has 2 rings (SSSR count). The second kappa shape index (κ2) is 9.95. The van der Waals surface area contributed by atoms with E-state index in [-0.39, 0.29) is 18.1 Å². The van der Waals surface area contributed by atoms with Gasteiger partial charge in [0.1, 0.15) is 0 Å². The Morgan fingerprint density at radius 1 is 1.13 bits per heavy atom. The third-order valence-electron chi connectivity index (χ3n) is 4.65. The molecule has 2 amide bonds. The number of alkyl halides is 3. The third kappa shape index (κ3) is 6.21. The Balaban J connectivity index is 1.99. The third-order valence-corrected chi connectivity index (χ3v) is 4.97. The van der Waals surface area contributed by atoms with Gasteiger partial charge in [0.25, 0.3) is 0 Å². The first-order chi connectivity index (χ1) is 14.0. The summed E-state index contributed by atoms with van der Waals surface area (Å²) in [7, 11) is 1.58. The van der Waals surface area contributed by atoms with E-state index in [4.69, 9.17) is 11.6 Å². The summed E-state index contributed by atoms with van der Waals surface area (Å²) in [6, 6.07) is 9.79. The van der Waals surface area contributed by atoms with Crippen LogP contribution in [0.1, 0.15) is 25.0 Å². The molecular formula is C21H23ClF3N3O2. The minimum Gasteiger partial charge on any atom is -0.325 e. The van der Waals surface area contributed by atoms with Gasteiger partial charge in [-0.15, -0.1) is 0 Å². The maximum absolute atomic E-state index is 13.0. The molecule has 0 bridgehead atoms. The highest BCUT2D eigenvalue weighted by Gasteiger charge is 2.33. The van der Waals surface area contributed by atoms with Gasteiger partial charge in [-0.25, -0.2) is 0 Å². The normalized spacial score (nSPS) is 12.5. The number of aryl methyl sites for hydroxylation is 1. The second-order valence-electron chi connectivity index (χ2n) is 6.83. The number of benzene rings is 2. The number of likely N-dealkylation sites (N-methyl/N-ethyl adjacent to an activating group) is 1. The Morgan fingerprint density at radius 2 is 1.80 bits per heavy atom. The van der Waals surface area contributed by atoms with Crippen LogP contribution in [0.2, 0.25) is 5.02 Å². The largest absolute Gasteiger partial charge is 0.417 e. The van der Waals surface area contributed by atoms with Crippen molar-refractivity contribution >= 4 is 34.8 Å². The quantitative estimate of drug-likeness (QED) is 0.647. The van der Waals surface area contributed by atoms with Crippen LogP contribution in [0, 0.1) is 0 Å². The molecule has 0 saturated heterocycles. The molecule has 2 N–H and O–H groups in total. The smallest absolute Gasteiger partial charge is 0.325 e. The molecule has 5 nitrogen and oxygen atoms in total. The molecule has 0 spiro atoms. The van der Waals surface area contributed by atoms with Crippen LogP contribution in [0.4, 0.5) is 24.5 Å². The van der Waals surface area contributed by atoms with Crippen molar-refractivity contribution in [3.8, 4) is 0 Å². The second-order valence-corrected chi connectivity index (χ2v) is 7.24. The van der Waals surface area contributed by atoms with E-state index in [1.807, 2.05) is 25.1 Å². The van der Waals surface area contributed by atoms with Crippen LogP contribution in [-0.2, 0) is 22.2 Å². The number of nitrogens with one attached hydrogen (secondary N) is 2. The predicted molar refractivity (Wildman–Crippen MR) is 112 cm³/mol. The lowest BCUT2D eigenvalue weighted by molar-refractivity contribution is -0.137. The fraction of sp³-hybridized carbons (Fsp3) is 0.333. The molecule has 0 saturated carbocycles. The van der Waals surface area contributed by atoms with E-state index in [1.165, 1.54) is 11.0 Å². The molecule has 0 fully saturated rings. The van der Waals surface area contributed by atoms with Crippen LogP contribution in [0.3, 0.4) is 0 Å². The first-order valence-corrected chi connectivity index (χ1v) is 9.66. The highest BCUT2D eigenvalue weighted by atomic mass is 35.5. The van der Waals surface area contributed by atoms with Crippen LogP contribution in [0.25, 0.3) is 0 Å². The topological polar surface area (TPSA) is 61.4 Å². The summed E-state index contributed by atoms with van der Waals surface area (Å²) in [4.78, 5) is 26.3. The molecule has 2 aromatic rings. The predicted octanol–water partition coefficient (Wildman–Crippen LogP) is 4.82. The molecule has 1 atom stereocenters. The van der Waals surface area contributed by atoms with Gasteiger partial charge in [-0.1, -0.05) is 36.7 Å². The Labute approximate surface area is 178 Å². The number of hydrogen-bond donors (Lipinski definition) is 2.